The first kappa shape index (κ1) is 23.2. The largest absolute Gasteiger partial charge is 0.788 e. The van der Waals surface area contributed by atoms with E-state index in [0.717, 1.165) is 28.1 Å². The molecule has 1 aromatic heterocycles. The number of nitrogens with zero attached hydrogens (tertiary/aromatic N) is 1. The fraction of sp³-hybridized carbons (Fsp3) is 0.160. The van der Waals surface area contributed by atoms with Gasteiger partial charge in [0.1, 0.15) is 17.6 Å². The third-order valence-electron chi connectivity index (χ3n) is 5.22. The van der Waals surface area contributed by atoms with E-state index in [0.29, 0.717) is 21.5 Å². The smallest absolute Gasteiger partial charge is 0.501 e. The standard InChI is InChI=1S/C25H23BCl2N2O3/c1-16-9-11-20(13-22(16)27)31-26(32-21-12-10-17(2)23(28)14-21)33-25(19-7-5-4-6-8-19)24-18(3)29-15-30-24/h4-15,25H,1-3H3,(H,29,30). The molecule has 0 aliphatic carbocycles. The predicted molar refractivity (Wildman–Crippen MR) is 132 cm³/mol. The molecule has 4 rings (SSSR count). The molecule has 5 nitrogen and oxygen atoms in total. The Balaban J connectivity index is 1.68. The summed E-state index contributed by atoms with van der Waals surface area (Å²) in [6.07, 6.45) is 1.10. The van der Waals surface area contributed by atoms with Crippen molar-refractivity contribution in [1.82, 2.24) is 9.97 Å². The Hall–Kier alpha value is -2.93. The number of benzene rings is 3. The van der Waals surface area contributed by atoms with Crippen LogP contribution in [0.5, 0.6) is 11.5 Å². The van der Waals surface area contributed by atoms with E-state index in [9.17, 15) is 0 Å². The van der Waals surface area contributed by atoms with Crippen LogP contribution in [0, 0.1) is 20.8 Å². The van der Waals surface area contributed by atoms with Gasteiger partial charge in [-0.2, -0.15) is 0 Å². The van der Waals surface area contributed by atoms with Crippen LogP contribution in [0.4, 0.5) is 0 Å². The van der Waals surface area contributed by atoms with Gasteiger partial charge in [-0.1, -0.05) is 65.7 Å². The normalized spacial score (nSPS) is 11.8. The maximum absolute atomic E-state index is 6.40. The van der Waals surface area contributed by atoms with Gasteiger partial charge >= 0.3 is 7.32 Å². The van der Waals surface area contributed by atoms with Crippen LogP contribution >= 0.6 is 23.2 Å². The Morgan fingerprint density at radius 1 is 0.818 bits per heavy atom. The molecular weight excluding hydrogens is 458 g/mol. The molecular formula is C25H23BCl2N2O3. The third kappa shape index (κ3) is 5.71. The third-order valence-corrected chi connectivity index (χ3v) is 6.03. The summed E-state index contributed by atoms with van der Waals surface area (Å²) in [6.45, 7) is 5.80. The summed E-state index contributed by atoms with van der Waals surface area (Å²) in [6, 6.07) is 20.7. The van der Waals surface area contributed by atoms with Crippen LogP contribution in [0.15, 0.2) is 73.1 Å². The number of hydrogen-bond donors (Lipinski definition) is 1. The summed E-state index contributed by atoms with van der Waals surface area (Å²) in [7, 11) is -1.11. The number of imidazole rings is 1. The topological polar surface area (TPSA) is 56.4 Å². The van der Waals surface area contributed by atoms with E-state index in [2.05, 4.69) is 9.97 Å². The molecule has 0 aliphatic rings. The summed E-state index contributed by atoms with van der Waals surface area (Å²) >= 11 is 12.6. The second-order valence-corrected chi connectivity index (χ2v) is 8.50. The number of aryl methyl sites for hydroxylation is 3. The summed E-state index contributed by atoms with van der Waals surface area (Å²) in [5, 5.41) is 1.18. The first-order chi connectivity index (χ1) is 15.9. The SMILES string of the molecule is Cc1ccc(OB(Oc2ccc(C)c(Cl)c2)OC(c2ccccc2)c2nc[nH]c2C)cc1Cl. The van der Waals surface area contributed by atoms with Gasteiger partial charge in [0.15, 0.2) is 0 Å². The van der Waals surface area contributed by atoms with Crippen LogP contribution in [-0.2, 0) is 4.65 Å². The first-order valence-electron chi connectivity index (χ1n) is 10.5. The van der Waals surface area contributed by atoms with E-state index in [1.807, 2.05) is 75.4 Å². The fourth-order valence-corrected chi connectivity index (χ4v) is 3.61. The second kappa shape index (κ2) is 10.3. The Morgan fingerprint density at radius 3 is 1.88 bits per heavy atom. The predicted octanol–water partition coefficient (Wildman–Crippen LogP) is 6.89. The van der Waals surface area contributed by atoms with E-state index >= 15 is 0 Å². The lowest BCUT2D eigenvalue weighted by Gasteiger charge is -2.23. The Morgan fingerprint density at radius 2 is 1.39 bits per heavy atom. The highest BCUT2D eigenvalue weighted by atomic mass is 35.5. The van der Waals surface area contributed by atoms with E-state index in [4.69, 9.17) is 37.2 Å². The highest BCUT2D eigenvalue weighted by molar-refractivity contribution is 6.39. The summed E-state index contributed by atoms with van der Waals surface area (Å²) in [5.74, 6) is 1.03. The van der Waals surface area contributed by atoms with Gasteiger partial charge in [-0.25, -0.2) is 4.98 Å². The number of aromatic amines is 1. The summed E-state index contributed by atoms with van der Waals surface area (Å²) in [5.41, 5.74) is 4.43. The Kier molecular flexibility index (Phi) is 7.28. The zero-order valence-corrected chi connectivity index (χ0v) is 20.0. The van der Waals surface area contributed by atoms with Crippen molar-refractivity contribution in [2.24, 2.45) is 0 Å². The number of hydrogen-bond acceptors (Lipinski definition) is 4. The molecule has 33 heavy (non-hydrogen) atoms. The van der Waals surface area contributed by atoms with Gasteiger partial charge in [-0.05, 0) is 61.7 Å². The van der Waals surface area contributed by atoms with E-state index in [1.165, 1.54) is 0 Å². The molecule has 0 spiro atoms. The van der Waals surface area contributed by atoms with Crippen LogP contribution < -0.4 is 9.31 Å². The van der Waals surface area contributed by atoms with Crippen LogP contribution in [0.3, 0.4) is 0 Å². The molecule has 0 saturated carbocycles. The average molecular weight is 481 g/mol. The molecule has 0 aliphatic heterocycles. The minimum atomic E-state index is -1.11. The molecule has 0 fully saturated rings. The van der Waals surface area contributed by atoms with Crippen molar-refractivity contribution in [2.45, 2.75) is 26.9 Å². The van der Waals surface area contributed by atoms with Gasteiger partial charge in [0.25, 0.3) is 0 Å². The van der Waals surface area contributed by atoms with E-state index in [1.54, 1.807) is 18.5 Å². The molecule has 0 radical (unpaired) electrons. The molecule has 8 heteroatoms. The second-order valence-electron chi connectivity index (χ2n) is 7.69. The van der Waals surface area contributed by atoms with Crippen LogP contribution in [0.1, 0.15) is 34.2 Å². The highest BCUT2D eigenvalue weighted by Crippen LogP contribution is 2.30. The van der Waals surface area contributed by atoms with Crippen molar-refractivity contribution in [2.75, 3.05) is 0 Å². The van der Waals surface area contributed by atoms with Crippen LogP contribution in [0.2, 0.25) is 10.0 Å². The summed E-state index contributed by atoms with van der Waals surface area (Å²) < 4.78 is 18.6. The zero-order valence-electron chi connectivity index (χ0n) is 18.5. The van der Waals surface area contributed by atoms with Crippen molar-refractivity contribution in [3.05, 3.63) is 111 Å². The molecule has 1 heterocycles. The minimum Gasteiger partial charge on any atom is -0.501 e. The van der Waals surface area contributed by atoms with Gasteiger partial charge in [0.2, 0.25) is 0 Å². The number of nitrogens with one attached hydrogen (secondary N) is 1. The van der Waals surface area contributed by atoms with Crippen molar-refractivity contribution < 1.29 is 14.0 Å². The lowest BCUT2D eigenvalue weighted by molar-refractivity contribution is 0.153. The van der Waals surface area contributed by atoms with Gasteiger partial charge in [0, 0.05) is 15.7 Å². The fourth-order valence-electron chi connectivity index (χ4n) is 3.27. The van der Waals surface area contributed by atoms with Crippen molar-refractivity contribution in [3.8, 4) is 11.5 Å². The molecule has 168 valence electrons. The Bertz CT molecular complexity index is 1180. The van der Waals surface area contributed by atoms with Gasteiger partial charge < -0.3 is 18.9 Å². The number of halogens is 2. The summed E-state index contributed by atoms with van der Waals surface area (Å²) in [4.78, 5) is 7.59. The molecule has 1 N–H and O–H groups in total. The van der Waals surface area contributed by atoms with Crippen LogP contribution in [-0.4, -0.2) is 17.3 Å². The van der Waals surface area contributed by atoms with Gasteiger partial charge in [0.05, 0.1) is 12.0 Å². The average Bonchev–Trinajstić information content (AvgIpc) is 3.23. The van der Waals surface area contributed by atoms with Crippen LogP contribution in [0.25, 0.3) is 0 Å². The molecule has 4 aromatic rings. The van der Waals surface area contributed by atoms with Crippen molar-refractivity contribution in [1.29, 1.82) is 0 Å². The highest BCUT2D eigenvalue weighted by Gasteiger charge is 2.34. The van der Waals surface area contributed by atoms with Crippen molar-refractivity contribution in [3.63, 3.8) is 0 Å². The molecule has 3 aromatic carbocycles. The van der Waals surface area contributed by atoms with E-state index in [-0.39, 0.29) is 0 Å². The number of rotatable bonds is 8. The maximum Gasteiger partial charge on any atom is 0.788 e. The monoisotopic (exact) mass is 480 g/mol. The zero-order chi connectivity index (χ0) is 23.4. The molecule has 0 amide bonds. The first-order valence-corrected chi connectivity index (χ1v) is 11.2. The lowest BCUT2D eigenvalue weighted by Crippen LogP contribution is -2.36. The quantitative estimate of drug-likeness (QED) is 0.279. The minimum absolute atomic E-state index is 0.513. The Labute approximate surface area is 203 Å². The van der Waals surface area contributed by atoms with Gasteiger partial charge in [-0.15, -0.1) is 0 Å². The molecule has 0 bridgehead atoms. The number of aromatic nitrogens is 2. The van der Waals surface area contributed by atoms with E-state index < -0.39 is 13.4 Å². The molecule has 1 atom stereocenters. The maximum atomic E-state index is 6.40. The van der Waals surface area contributed by atoms with Crippen molar-refractivity contribution >= 4 is 30.5 Å². The molecule has 1 unspecified atom stereocenters. The lowest BCUT2D eigenvalue weighted by atomic mass is 10.0. The molecule has 0 saturated heterocycles. The van der Waals surface area contributed by atoms with Gasteiger partial charge in [-0.3, -0.25) is 0 Å². The number of H-pyrrole nitrogens is 1.